The molecule has 0 aliphatic carbocycles. The van der Waals surface area contributed by atoms with Crippen LogP contribution in [0.4, 0.5) is 13.2 Å². The molecular formula is C23H21F3N6. The van der Waals surface area contributed by atoms with Gasteiger partial charge in [-0.3, -0.25) is 14.7 Å². The average Bonchev–Trinajstić information content (AvgIpc) is 3.46. The van der Waals surface area contributed by atoms with Gasteiger partial charge in [0, 0.05) is 54.2 Å². The van der Waals surface area contributed by atoms with Crippen LogP contribution in [-0.2, 0) is 6.54 Å². The Labute approximate surface area is 182 Å². The molecule has 0 unspecified atom stereocenters. The van der Waals surface area contributed by atoms with Gasteiger partial charge in [-0.25, -0.2) is 13.2 Å². The number of hydrogen-bond donors (Lipinski definition) is 1. The molecule has 9 heteroatoms. The number of aliphatic imine (C=N–C) groups is 1. The van der Waals surface area contributed by atoms with Crippen molar-refractivity contribution in [2.24, 2.45) is 4.99 Å². The average molecular weight is 438 g/mol. The first-order valence-corrected chi connectivity index (χ1v) is 10.7. The van der Waals surface area contributed by atoms with Crippen molar-refractivity contribution in [3.63, 3.8) is 0 Å². The van der Waals surface area contributed by atoms with E-state index >= 15 is 0 Å². The van der Waals surface area contributed by atoms with Crippen LogP contribution in [0.5, 0.6) is 0 Å². The number of amidine groups is 1. The van der Waals surface area contributed by atoms with Gasteiger partial charge < -0.3 is 10.2 Å². The van der Waals surface area contributed by atoms with E-state index in [1.165, 1.54) is 0 Å². The fourth-order valence-electron chi connectivity index (χ4n) is 4.68. The van der Waals surface area contributed by atoms with Crippen LogP contribution in [-0.4, -0.2) is 51.3 Å². The maximum Gasteiger partial charge on any atom is 0.133 e. The highest BCUT2D eigenvalue weighted by Gasteiger charge is 2.39. The van der Waals surface area contributed by atoms with E-state index in [0.29, 0.717) is 18.4 Å². The Morgan fingerprint density at radius 2 is 1.94 bits per heavy atom. The third-order valence-electron chi connectivity index (χ3n) is 6.50. The van der Waals surface area contributed by atoms with Crippen LogP contribution in [0.15, 0.2) is 47.8 Å². The molecule has 0 spiro atoms. The summed E-state index contributed by atoms with van der Waals surface area (Å²) in [6, 6.07) is 5.04. The number of hydrogen-bond acceptors (Lipinski definition) is 5. The van der Waals surface area contributed by atoms with Crippen LogP contribution < -0.4 is 5.32 Å². The van der Waals surface area contributed by atoms with Gasteiger partial charge in [-0.05, 0) is 24.3 Å². The Morgan fingerprint density at radius 1 is 1.06 bits per heavy atom. The molecule has 3 aromatic rings. The number of nitrogens with zero attached hydrogens (tertiary/aromatic N) is 5. The molecule has 3 aliphatic rings. The third kappa shape index (κ3) is 3.19. The number of fused-ring (bicyclic) bond motifs is 1. The molecule has 164 valence electrons. The van der Waals surface area contributed by atoms with Crippen molar-refractivity contribution < 1.29 is 13.2 Å². The highest BCUT2D eigenvalue weighted by atomic mass is 19.1. The quantitative estimate of drug-likeness (QED) is 0.681. The number of likely N-dealkylation sites (tertiary alicyclic amines) is 1. The van der Waals surface area contributed by atoms with Gasteiger partial charge in [-0.2, -0.15) is 5.10 Å². The number of nitrogens with one attached hydrogen (secondary N) is 1. The minimum absolute atomic E-state index is 0.0791. The van der Waals surface area contributed by atoms with E-state index in [4.69, 9.17) is 0 Å². The highest BCUT2D eigenvalue weighted by Crippen LogP contribution is 2.38. The summed E-state index contributed by atoms with van der Waals surface area (Å²) in [5, 5.41) is 7.70. The monoisotopic (exact) mass is 438 g/mol. The van der Waals surface area contributed by atoms with Gasteiger partial charge in [0.2, 0.25) is 0 Å². The van der Waals surface area contributed by atoms with Crippen LogP contribution in [0.25, 0.3) is 11.1 Å². The second-order valence-electron chi connectivity index (χ2n) is 8.55. The normalized spacial score (nSPS) is 22.7. The molecule has 2 atom stereocenters. The molecule has 2 aromatic heterocycles. The van der Waals surface area contributed by atoms with Crippen molar-refractivity contribution in [2.45, 2.75) is 31.2 Å². The molecule has 0 bridgehead atoms. The highest BCUT2D eigenvalue weighted by molar-refractivity contribution is 6.02. The first-order valence-electron chi connectivity index (χ1n) is 10.7. The molecule has 0 amide bonds. The zero-order valence-corrected chi connectivity index (χ0v) is 17.2. The van der Waals surface area contributed by atoms with Gasteiger partial charge in [0.05, 0.1) is 37.1 Å². The lowest BCUT2D eigenvalue weighted by Gasteiger charge is -2.27. The Hall–Kier alpha value is -3.20. The standard InChI is InChI=1S/C23H21F3N6/c24-15-1-2-20(26)18(4-15)22-5-16(25)12-31(22)23-19-3-13(6-28-21(19)10-29-23)14-7-30-32(11-14)17-8-27-9-17/h1-4,6-7,11,16-17,22,27H,5,8-10,12H2/t16-,22+/m0/s1. The topological polar surface area (TPSA) is 58.3 Å². The summed E-state index contributed by atoms with van der Waals surface area (Å²) in [7, 11) is 0. The maximum absolute atomic E-state index is 14.5. The van der Waals surface area contributed by atoms with Crippen LogP contribution in [0.1, 0.15) is 35.3 Å². The van der Waals surface area contributed by atoms with Crippen LogP contribution in [0, 0.1) is 11.6 Å². The largest absolute Gasteiger partial charge is 0.346 e. The predicted molar refractivity (Wildman–Crippen MR) is 113 cm³/mol. The summed E-state index contributed by atoms with van der Waals surface area (Å²) >= 11 is 0. The van der Waals surface area contributed by atoms with Gasteiger partial charge in [0.25, 0.3) is 0 Å². The molecule has 6 nitrogen and oxygen atoms in total. The van der Waals surface area contributed by atoms with Crippen molar-refractivity contribution in [1.82, 2.24) is 25.0 Å². The molecule has 32 heavy (non-hydrogen) atoms. The van der Waals surface area contributed by atoms with Gasteiger partial charge in [0.15, 0.2) is 0 Å². The van der Waals surface area contributed by atoms with Gasteiger partial charge in [0.1, 0.15) is 23.6 Å². The van der Waals surface area contributed by atoms with E-state index in [9.17, 15) is 13.2 Å². The summed E-state index contributed by atoms with van der Waals surface area (Å²) in [6.07, 6.45) is 4.54. The second-order valence-corrected chi connectivity index (χ2v) is 8.55. The lowest BCUT2D eigenvalue weighted by Crippen LogP contribution is -2.43. The number of rotatable bonds is 3. The maximum atomic E-state index is 14.5. The Kier molecular flexibility index (Phi) is 4.53. The number of benzene rings is 1. The smallest absolute Gasteiger partial charge is 0.133 e. The van der Waals surface area contributed by atoms with E-state index in [-0.39, 0.29) is 18.5 Å². The minimum atomic E-state index is -1.15. The minimum Gasteiger partial charge on any atom is -0.346 e. The summed E-state index contributed by atoms with van der Waals surface area (Å²) in [5.41, 5.74) is 3.58. The van der Waals surface area contributed by atoms with Gasteiger partial charge in [-0.1, -0.05) is 0 Å². The Balaban J connectivity index is 1.34. The summed E-state index contributed by atoms with van der Waals surface area (Å²) in [6.45, 7) is 2.26. The van der Waals surface area contributed by atoms with Crippen molar-refractivity contribution >= 4 is 5.84 Å². The lowest BCUT2D eigenvalue weighted by atomic mass is 10.0. The fourth-order valence-corrected chi connectivity index (χ4v) is 4.68. The lowest BCUT2D eigenvalue weighted by molar-refractivity contribution is 0.318. The molecule has 5 heterocycles. The first-order chi connectivity index (χ1) is 15.6. The second kappa shape index (κ2) is 7.44. The predicted octanol–water partition coefficient (Wildman–Crippen LogP) is 3.41. The molecular weight excluding hydrogens is 417 g/mol. The summed E-state index contributed by atoms with van der Waals surface area (Å²) < 4.78 is 44.8. The van der Waals surface area contributed by atoms with E-state index in [0.717, 1.165) is 53.7 Å². The zero-order chi connectivity index (χ0) is 21.8. The van der Waals surface area contributed by atoms with Crippen LogP contribution in [0.2, 0.25) is 0 Å². The van der Waals surface area contributed by atoms with Gasteiger partial charge >= 0.3 is 0 Å². The number of halogens is 3. The molecule has 0 saturated carbocycles. The molecule has 0 radical (unpaired) electrons. The fraction of sp³-hybridized carbons (Fsp3) is 0.348. The Bertz CT molecular complexity index is 1220. The van der Waals surface area contributed by atoms with E-state index in [2.05, 4.69) is 20.4 Å². The van der Waals surface area contributed by atoms with E-state index < -0.39 is 23.8 Å². The van der Waals surface area contributed by atoms with Crippen LogP contribution >= 0.6 is 0 Å². The zero-order valence-electron chi connectivity index (χ0n) is 17.2. The molecule has 2 fully saturated rings. The third-order valence-corrected chi connectivity index (χ3v) is 6.50. The van der Waals surface area contributed by atoms with Crippen molar-refractivity contribution in [2.75, 3.05) is 19.6 Å². The van der Waals surface area contributed by atoms with E-state index in [1.54, 1.807) is 11.1 Å². The van der Waals surface area contributed by atoms with Crippen molar-refractivity contribution in [3.05, 3.63) is 71.3 Å². The number of pyridine rings is 1. The first kappa shape index (κ1) is 19.5. The Morgan fingerprint density at radius 3 is 2.75 bits per heavy atom. The van der Waals surface area contributed by atoms with Gasteiger partial charge in [-0.15, -0.1) is 0 Å². The molecule has 1 N–H and O–H groups in total. The summed E-state index contributed by atoms with van der Waals surface area (Å²) in [5.74, 6) is -0.502. The molecule has 2 saturated heterocycles. The molecule has 6 rings (SSSR count). The molecule has 3 aliphatic heterocycles. The van der Waals surface area contributed by atoms with E-state index in [1.807, 2.05) is 23.1 Å². The summed E-state index contributed by atoms with van der Waals surface area (Å²) in [4.78, 5) is 10.9. The van der Waals surface area contributed by atoms with Crippen molar-refractivity contribution in [1.29, 1.82) is 0 Å². The number of alkyl halides is 1. The van der Waals surface area contributed by atoms with Crippen molar-refractivity contribution in [3.8, 4) is 11.1 Å². The molecule has 1 aromatic carbocycles. The SMILES string of the molecule is Fc1ccc(F)c([C@H]2C[C@H](F)CN2C2=NCc3ncc(-c4cnn(C5CNC5)c4)cc32)c1. The van der Waals surface area contributed by atoms with Crippen LogP contribution in [0.3, 0.4) is 0 Å². The number of aromatic nitrogens is 3.